The molecule has 3 heterocycles. The van der Waals surface area contributed by atoms with Gasteiger partial charge in [-0.3, -0.25) is 19.6 Å². The number of carbonyl (C=O) groups is 2. The Morgan fingerprint density at radius 3 is 2.70 bits per heavy atom. The van der Waals surface area contributed by atoms with E-state index in [1.54, 1.807) is 25.4 Å². The fraction of sp³-hybridized carbons (Fsp3) is 0.500. The van der Waals surface area contributed by atoms with E-state index in [-0.39, 0.29) is 17.7 Å². The second-order valence-electron chi connectivity index (χ2n) is 8.22. The van der Waals surface area contributed by atoms with E-state index in [2.05, 4.69) is 39.1 Å². The molecule has 1 amide bonds. The zero-order valence-electron chi connectivity index (χ0n) is 19.9. The van der Waals surface area contributed by atoms with Gasteiger partial charge in [-0.1, -0.05) is 6.92 Å². The summed E-state index contributed by atoms with van der Waals surface area (Å²) in [5.41, 5.74) is 2.79. The number of aliphatic imine (C=N–C) groups is 2. The van der Waals surface area contributed by atoms with Gasteiger partial charge in [0.1, 0.15) is 5.71 Å². The van der Waals surface area contributed by atoms with Crippen molar-refractivity contribution in [1.29, 1.82) is 0 Å². The smallest absolute Gasteiger partial charge is 0.272 e. The molecule has 1 saturated heterocycles. The molecule has 0 saturated carbocycles. The van der Waals surface area contributed by atoms with Crippen LogP contribution in [-0.4, -0.2) is 89.2 Å². The topological polar surface area (TPSA) is 103 Å². The highest BCUT2D eigenvalue weighted by molar-refractivity contribution is 6.44. The largest absolute Gasteiger partial charge is 0.354 e. The van der Waals surface area contributed by atoms with Gasteiger partial charge in [-0.05, 0) is 51.5 Å². The molecule has 3 rings (SSSR count). The van der Waals surface area contributed by atoms with Crippen LogP contribution >= 0.6 is 0 Å². The van der Waals surface area contributed by atoms with Crippen molar-refractivity contribution in [3.05, 3.63) is 35.7 Å². The molecule has 0 radical (unpaired) electrons. The number of allylic oxidation sites excluding steroid dienone is 1. The van der Waals surface area contributed by atoms with Crippen LogP contribution in [0.4, 0.5) is 5.95 Å². The fourth-order valence-corrected chi connectivity index (χ4v) is 3.85. The van der Waals surface area contributed by atoms with Crippen LogP contribution in [0, 0.1) is 0 Å². The number of piperazine rings is 1. The minimum Gasteiger partial charge on any atom is -0.354 e. The van der Waals surface area contributed by atoms with Gasteiger partial charge in [-0.25, -0.2) is 9.97 Å². The predicted molar refractivity (Wildman–Crippen MR) is 132 cm³/mol. The summed E-state index contributed by atoms with van der Waals surface area (Å²) in [7, 11) is 2.07. The van der Waals surface area contributed by atoms with E-state index in [0.717, 1.165) is 44.6 Å². The first kappa shape index (κ1) is 24.4. The molecule has 1 atom stereocenters. The predicted octanol–water partition coefficient (Wildman–Crippen LogP) is 2.23. The zero-order chi connectivity index (χ0) is 23.8. The summed E-state index contributed by atoms with van der Waals surface area (Å²) in [6, 6.07) is 1.76. The first-order valence-electron chi connectivity index (χ1n) is 11.5. The summed E-state index contributed by atoms with van der Waals surface area (Å²) in [6.45, 7) is 9.24. The number of amides is 1. The molecule has 1 aromatic rings. The van der Waals surface area contributed by atoms with E-state index in [0.29, 0.717) is 29.6 Å². The molecule has 33 heavy (non-hydrogen) atoms. The van der Waals surface area contributed by atoms with Crippen molar-refractivity contribution in [2.24, 2.45) is 9.98 Å². The molecule has 1 unspecified atom stereocenters. The lowest BCUT2D eigenvalue weighted by Gasteiger charge is -2.32. The molecular weight excluding hydrogens is 418 g/mol. The third kappa shape index (κ3) is 6.64. The lowest BCUT2D eigenvalue weighted by molar-refractivity contribution is -0.125. The molecule has 2 aliphatic rings. The molecule has 9 heteroatoms. The van der Waals surface area contributed by atoms with Crippen LogP contribution in [-0.2, 0) is 9.59 Å². The third-order valence-electron chi connectivity index (χ3n) is 5.66. The lowest BCUT2D eigenvalue weighted by atomic mass is 10.0. The number of hydrogen-bond acceptors (Lipinski definition) is 8. The Bertz CT molecular complexity index is 988. The van der Waals surface area contributed by atoms with Crippen LogP contribution in [0.2, 0.25) is 0 Å². The highest BCUT2D eigenvalue weighted by Gasteiger charge is 2.27. The minimum absolute atomic E-state index is 0.0295. The van der Waals surface area contributed by atoms with Gasteiger partial charge in [0, 0.05) is 51.2 Å². The van der Waals surface area contributed by atoms with E-state index in [1.807, 2.05) is 11.0 Å². The number of hydrogen-bond donors (Lipinski definition) is 1. The Balaban J connectivity index is 1.61. The molecule has 0 aliphatic carbocycles. The maximum Gasteiger partial charge on any atom is 0.272 e. The molecule has 9 nitrogen and oxygen atoms in total. The molecule has 0 bridgehead atoms. The maximum atomic E-state index is 12.9. The number of nitrogens with one attached hydrogen (secondary N) is 1. The summed E-state index contributed by atoms with van der Waals surface area (Å²) in [5.74, 6) is 0.404. The van der Waals surface area contributed by atoms with Crippen LogP contribution in [0.15, 0.2) is 40.0 Å². The van der Waals surface area contributed by atoms with E-state index in [1.165, 1.54) is 13.0 Å². The normalized spacial score (nSPS) is 19.6. The summed E-state index contributed by atoms with van der Waals surface area (Å²) >= 11 is 0. The number of rotatable bonds is 9. The van der Waals surface area contributed by atoms with Gasteiger partial charge in [0.05, 0.1) is 17.4 Å². The Labute approximate surface area is 195 Å². The molecule has 1 fully saturated rings. The summed E-state index contributed by atoms with van der Waals surface area (Å²) in [4.78, 5) is 46.2. The van der Waals surface area contributed by atoms with Crippen molar-refractivity contribution >= 4 is 35.3 Å². The Morgan fingerprint density at radius 1 is 1.27 bits per heavy atom. The van der Waals surface area contributed by atoms with Crippen molar-refractivity contribution in [2.45, 2.75) is 39.7 Å². The summed E-state index contributed by atoms with van der Waals surface area (Å²) < 4.78 is 0. The van der Waals surface area contributed by atoms with Crippen molar-refractivity contribution in [3.8, 4) is 0 Å². The average Bonchev–Trinajstić information content (AvgIpc) is 3.22. The van der Waals surface area contributed by atoms with Crippen LogP contribution in [0.3, 0.4) is 0 Å². The van der Waals surface area contributed by atoms with Gasteiger partial charge in [0.25, 0.3) is 5.91 Å². The third-order valence-corrected chi connectivity index (χ3v) is 5.66. The van der Waals surface area contributed by atoms with Gasteiger partial charge >= 0.3 is 0 Å². The first-order valence-corrected chi connectivity index (χ1v) is 11.5. The van der Waals surface area contributed by atoms with Gasteiger partial charge in [0.2, 0.25) is 5.95 Å². The molecule has 176 valence electrons. The second kappa shape index (κ2) is 11.6. The number of likely N-dealkylation sites (N-methyl/N-ethyl adjacent to an activating group) is 1. The van der Waals surface area contributed by atoms with E-state index in [4.69, 9.17) is 4.99 Å². The van der Waals surface area contributed by atoms with Crippen molar-refractivity contribution in [1.82, 2.24) is 19.8 Å². The number of nitrogens with zero attached hydrogens (tertiary/aromatic N) is 6. The average molecular weight is 452 g/mol. The van der Waals surface area contributed by atoms with Crippen molar-refractivity contribution in [3.63, 3.8) is 0 Å². The number of ketones is 1. The van der Waals surface area contributed by atoms with Gasteiger partial charge in [-0.15, -0.1) is 0 Å². The van der Waals surface area contributed by atoms with Crippen LogP contribution in [0.25, 0.3) is 5.70 Å². The van der Waals surface area contributed by atoms with Crippen LogP contribution in [0.5, 0.6) is 0 Å². The van der Waals surface area contributed by atoms with E-state index in [9.17, 15) is 9.59 Å². The van der Waals surface area contributed by atoms with Crippen LogP contribution in [0.1, 0.15) is 39.3 Å². The Morgan fingerprint density at radius 2 is 2.03 bits per heavy atom. The fourth-order valence-electron chi connectivity index (χ4n) is 3.85. The molecule has 1 N–H and O–H groups in total. The quantitative estimate of drug-likeness (QED) is 0.456. The first-order chi connectivity index (χ1) is 15.9. The highest BCUT2D eigenvalue weighted by Crippen LogP contribution is 2.22. The minimum atomic E-state index is -0.0931. The molecule has 0 spiro atoms. The van der Waals surface area contributed by atoms with Gasteiger partial charge in [-0.2, -0.15) is 0 Å². The molecule has 0 aromatic carbocycles. The monoisotopic (exact) mass is 451 g/mol. The maximum absolute atomic E-state index is 12.9. The number of aromatic nitrogens is 2. The van der Waals surface area contributed by atoms with Crippen molar-refractivity contribution < 1.29 is 9.59 Å². The van der Waals surface area contributed by atoms with Gasteiger partial charge < -0.3 is 15.1 Å². The van der Waals surface area contributed by atoms with E-state index >= 15 is 0 Å². The number of anilines is 1. The number of carbonyl (C=O) groups excluding carboxylic acids is 2. The van der Waals surface area contributed by atoms with Gasteiger partial charge in [0.15, 0.2) is 5.78 Å². The van der Waals surface area contributed by atoms with Crippen LogP contribution < -0.4 is 5.32 Å². The SMILES string of the molecule is CC=N/C(=C\C(C)=O)c1ccnc(NCCC2=CC(C(=O)N3CCN(C)CC3)=NC2CC)n1. The summed E-state index contributed by atoms with van der Waals surface area (Å²) in [6.07, 6.45) is 8.27. The Hall–Kier alpha value is -3.20. The summed E-state index contributed by atoms with van der Waals surface area (Å²) in [5, 5.41) is 3.24. The van der Waals surface area contributed by atoms with E-state index < -0.39 is 0 Å². The molecular formula is C24H33N7O2. The molecule has 2 aliphatic heterocycles. The Kier molecular flexibility index (Phi) is 8.59. The zero-order valence-corrected chi connectivity index (χ0v) is 19.9. The highest BCUT2D eigenvalue weighted by atomic mass is 16.2. The second-order valence-corrected chi connectivity index (χ2v) is 8.22. The van der Waals surface area contributed by atoms with Crippen molar-refractivity contribution in [2.75, 3.05) is 45.1 Å². The molecule has 1 aromatic heterocycles. The lowest BCUT2D eigenvalue weighted by Crippen LogP contribution is -2.48. The standard InChI is InChI=1S/C24H33N7O2/c1-5-19-18(16-22(28-19)23(33)31-13-11-30(4)12-14-31)7-9-26-24-27-10-8-20(29-24)21(25-6-2)15-17(3)32/h6,8,10,15-16,19H,5,7,9,11-14H2,1-4H3,(H,26,27,29)/b21-15-,25-6?.